The van der Waals surface area contributed by atoms with Crippen LogP contribution < -0.4 is 10.1 Å². The number of rotatable bonds is 7. The molecule has 3 aromatic rings. The topological polar surface area (TPSA) is 119 Å². The number of nitro groups is 1. The SMILES string of the molecule is O=C(CN1C(=O)c2cccc([N+](=O)[O-])c2C1=O)Nc1ccc(OCc2ccccc2)cc1. The molecule has 0 aliphatic carbocycles. The van der Waals surface area contributed by atoms with Crippen molar-refractivity contribution < 1.29 is 24.0 Å². The molecule has 0 radical (unpaired) electrons. The number of nitrogens with zero attached hydrogens (tertiary/aromatic N) is 2. The Morgan fingerprint density at radius 2 is 1.66 bits per heavy atom. The van der Waals surface area contributed by atoms with E-state index in [-0.39, 0.29) is 11.1 Å². The van der Waals surface area contributed by atoms with E-state index in [0.29, 0.717) is 22.9 Å². The van der Waals surface area contributed by atoms with Gasteiger partial charge >= 0.3 is 0 Å². The zero-order chi connectivity index (χ0) is 22.7. The minimum atomic E-state index is -0.864. The van der Waals surface area contributed by atoms with Gasteiger partial charge in [0.25, 0.3) is 17.5 Å². The third-order valence-corrected chi connectivity index (χ3v) is 4.86. The van der Waals surface area contributed by atoms with E-state index in [1.54, 1.807) is 24.3 Å². The molecule has 3 amide bonds. The lowest BCUT2D eigenvalue weighted by atomic mass is 10.1. The summed E-state index contributed by atoms with van der Waals surface area (Å²) in [5.74, 6) is -1.61. The van der Waals surface area contributed by atoms with Crippen LogP contribution in [0.5, 0.6) is 5.75 Å². The molecule has 0 spiro atoms. The van der Waals surface area contributed by atoms with Gasteiger partial charge in [-0.2, -0.15) is 0 Å². The summed E-state index contributed by atoms with van der Waals surface area (Å²) >= 11 is 0. The number of carbonyl (C=O) groups is 3. The number of imide groups is 1. The van der Waals surface area contributed by atoms with E-state index in [9.17, 15) is 24.5 Å². The molecule has 1 heterocycles. The first-order valence-corrected chi connectivity index (χ1v) is 9.64. The average molecular weight is 431 g/mol. The van der Waals surface area contributed by atoms with E-state index < -0.39 is 34.9 Å². The Hall–Kier alpha value is -4.53. The van der Waals surface area contributed by atoms with Crippen LogP contribution in [0.25, 0.3) is 0 Å². The number of anilines is 1. The Bertz CT molecular complexity index is 1210. The van der Waals surface area contributed by atoms with E-state index in [1.165, 1.54) is 12.1 Å². The van der Waals surface area contributed by atoms with Crippen molar-refractivity contribution in [3.05, 3.63) is 99.6 Å². The van der Waals surface area contributed by atoms with Gasteiger partial charge in [-0.1, -0.05) is 36.4 Å². The fourth-order valence-corrected chi connectivity index (χ4v) is 3.33. The summed E-state index contributed by atoms with van der Waals surface area (Å²) in [6.07, 6.45) is 0. The van der Waals surface area contributed by atoms with Crippen LogP contribution in [0.2, 0.25) is 0 Å². The monoisotopic (exact) mass is 431 g/mol. The molecule has 9 nitrogen and oxygen atoms in total. The quantitative estimate of drug-likeness (QED) is 0.348. The maximum atomic E-state index is 12.6. The van der Waals surface area contributed by atoms with Gasteiger partial charge in [-0.05, 0) is 35.9 Å². The van der Waals surface area contributed by atoms with Crippen LogP contribution in [0.15, 0.2) is 72.8 Å². The Balaban J connectivity index is 1.38. The highest BCUT2D eigenvalue weighted by atomic mass is 16.6. The Morgan fingerprint density at radius 1 is 0.938 bits per heavy atom. The molecule has 0 fully saturated rings. The number of hydrogen-bond donors (Lipinski definition) is 1. The Kier molecular flexibility index (Phi) is 5.63. The summed E-state index contributed by atoms with van der Waals surface area (Å²) in [7, 11) is 0. The second-order valence-corrected chi connectivity index (χ2v) is 7.00. The van der Waals surface area contributed by atoms with Gasteiger partial charge in [0, 0.05) is 11.8 Å². The van der Waals surface area contributed by atoms with Crippen LogP contribution in [0.1, 0.15) is 26.3 Å². The molecule has 4 rings (SSSR count). The second-order valence-electron chi connectivity index (χ2n) is 7.00. The molecule has 32 heavy (non-hydrogen) atoms. The van der Waals surface area contributed by atoms with Crippen LogP contribution in [0.3, 0.4) is 0 Å². The van der Waals surface area contributed by atoms with Gasteiger partial charge in [0.2, 0.25) is 5.91 Å². The summed E-state index contributed by atoms with van der Waals surface area (Å²) in [4.78, 5) is 48.6. The first-order chi connectivity index (χ1) is 15.4. The van der Waals surface area contributed by atoms with Crippen LogP contribution >= 0.6 is 0 Å². The molecule has 0 bridgehead atoms. The van der Waals surface area contributed by atoms with E-state index >= 15 is 0 Å². The van der Waals surface area contributed by atoms with Crippen LogP contribution in [0.4, 0.5) is 11.4 Å². The maximum absolute atomic E-state index is 12.6. The van der Waals surface area contributed by atoms with Crippen molar-refractivity contribution in [1.82, 2.24) is 4.90 Å². The number of amides is 3. The van der Waals surface area contributed by atoms with Gasteiger partial charge < -0.3 is 10.1 Å². The van der Waals surface area contributed by atoms with Crippen molar-refractivity contribution in [3.63, 3.8) is 0 Å². The fraction of sp³-hybridized carbons (Fsp3) is 0.0870. The minimum Gasteiger partial charge on any atom is -0.489 e. The van der Waals surface area contributed by atoms with Gasteiger partial charge in [-0.25, -0.2) is 0 Å². The summed E-state index contributed by atoms with van der Waals surface area (Å²) in [6, 6.07) is 20.1. The Morgan fingerprint density at radius 3 is 2.34 bits per heavy atom. The minimum absolute atomic E-state index is 0.0862. The largest absolute Gasteiger partial charge is 0.489 e. The van der Waals surface area contributed by atoms with Crippen LogP contribution in [0, 0.1) is 10.1 Å². The molecule has 3 aromatic carbocycles. The predicted octanol–water partition coefficient (Wildman–Crippen LogP) is 3.41. The molecule has 0 unspecified atom stereocenters. The summed E-state index contributed by atoms with van der Waals surface area (Å²) in [6.45, 7) is -0.159. The van der Waals surface area contributed by atoms with E-state index in [4.69, 9.17) is 4.74 Å². The van der Waals surface area contributed by atoms with Crippen molar-refractivity contribution >= 4 is 29.1 Å². The number of hydrogen-bond acceptors (Lipinski definition) is 6. The zero-order valence-corrected chi connectivity index (χ0v) is 16.7. The van der Waals surface area contributed by atoms with Crippen molar-refractivity contribution in [2.45, 2.75) is 6.61 Å². The first-order valence-electron chi connectivity index (χ1n) is 9.64. The molecular weight excluding hydrogens is 414 g/mol. The van der Waals surface area contributed by atoms with Gasteiger partial charge in [-0.15, -0.1) is 0 Å². The molecule has 0 saturated carbocycles. The molecule has 9 heteroatoms. The third kappa shape index (κ3) is 4.17. The van der Waals surface area contributed by atoms with E-state index in [1.807, 2.05) is 30.3 Å². The second kappa shape index (κ2) is 8.68. The number of ether oxygens (including phenoxy) is 1. The van der Waals surface area contributed by atoms with Gasteiger partial charge in [0.1, 0.15) is 24.5 Å². The van der Waals surface area contributed by atoms with Crippen LogP contribution in [-0.4, -0.2) is 34.1 Å². The lowest BCUT2D eigenvalue weighted by molar-refractivity contribution is -0.385. The smallest absolute Gasteiger partial charge is 0.282 e. The third-order valence-electron chi connectivity index (χ3n) is 4.86. The number of benzene rings is 3. The number of carbonyl (C=O) groups excluding carboxylic acids is 3. The van der Waals surface area contributed by atoms with E-state index in [2.05, 4.69) is 5.32 Å². The maximum Gasteiger partial charge on any atom is 0.282 e. The highest BCUT2D eigenvalue weighted by molar-refractivity contribution is 6.24. The molecule has 1 aliphatic rings. The number of nitrogens with one attached hydrogen (secondary N) is 1. The van der Waals surface area contributed by atoms with Gasteiger partial charge in [0.15, 0.2) is 0 Å². The lowest BCUT2D eigenvalue weighted by Crippen LogP contribution is -2.37. The normalized spacial score (nSPS) is 12.4. The average Bonchev–Trinajstić information content (AvgIpc) is 3.04. The molecule has 0 atom stereocenters. The molecule has 160 valence electrons. The summed E-state index contributed by atoms with van der Waals surface area (Å²) < 4.78 is 5.69. The predicted molar refractivity (Wildman–Crippen MR) is 114 cm³/mol. The molecule has 1 aliphatic heterocycles. The van der Waals surface area contributed by atoms with Crippen molar-refractivity contribution in [1.29, 1.82) is 0 Å². The zero-order valence-electron chi connectivity index (χ0n) is 16.7. The number of nitro benzene ring substituents is 1. The molecule has 1 N–H and O–H groups in total. The summed E-state index contributed by atoms with van der Waals surface area (Å²) in [5, 5.41) is 13.8. The van der Waals surface area contributed by atoms with Gasteiger partial charge in [-0.3, -0.25) is 29.4 Å². The molecular formula is C23H17N3O6. The Labute approximate surface area is 182 Å². The highest BCUT2D eigenvalue weighted by Gasteiger charge is 2.41. The standard InChI is InChI=1S/C23H17N3O6/c27-20(13-25-22(28)18-7-4-8-19(26(30)31)21(18)23(25)29)24-16-9-11-17(12-10-16)32-14-15-5-2-1-3-6-15/h1-12H,13-14H2,(H,24,27). The number of fused-ring (bicyclic) bond motifs is 1. The molecule has 0 saturated heterocycles. The van der Waals surface area contributed by atoms with Crippen molar-refractivity contribution in [2.24, 2.45) is 0 Å². The first kappa shape index (κ1) is 20.7. The molecule has 0 aromatic heterocycles. The highest BCUT2D eigenvalue weighted by Crippen LogP contribution is 2.30. The van der Waals surface area contributed by atoms with Crippen molar-refractivity contribution in [2.75, 3.05) is 11.9 Å². The summed E-state index contributed by atoms with van der Waals surface area (Å²) in [5.41, 5.74) is 0.623. The lowest BCUT2D eigenvalue weighted by Gasteiger charge is -2.14. The van der Waals surface area contributed by atoms with Crippen LogP contribution in [-0.2, 0) is 11.4 Å². The van der Waals surface area contributed by atoms with E-state index in [0.717, 1.165) is 11.6 Å². The van der Waals surface area contributed by atoms with Gasteiger partial charge in [0.05, 0.1) is 10.5 Å². The van der Waals surface area contributed by atoms with Crippen molar-refractivity contribution in [3.8, 4) is 5.75 Å². The fourth-order valence-electron chi connectivity index (χ4n) is 3.33.